The minimum absolute atomic E-state index is 0. The van der Waals surface area contributed by atoms with Crippen LogP contribution in [0.3, 0.4) is 0 Å². The average Bonchev–Trinajstić information content (AvgIpc) is 2.98. The van der Waals surface area contributed by atoms with Crippen LogP contribution >= 0.6 is 24.8 Å². The first-order valence-corrected chi connectivity index (χ1v) is 7.87. The summed E-state index contributed by atoms with van der Waals surface area (Å²) in [5.41, 5.74) is 3.33. The van der Waals surface area contributed by atoms with Crippen molar-refractivity contribution < 1.29 is 9.90 Å². The monoisotopic (exact) mass is 386 g/mol. The lowest BCUT2D eigenvalue weighted by molar-refractivity contribution is -0.134. The third kappa shape index (κ3) is 5.19. The normalized spacial score (nSPS) is 15.5. The minimum Gasteiger partial charge on any atom is -0.395 e. The molecule has 0 bridgehead atoms. The number of aliphatic hydroxyl groups is 1. The molecular formula is C17H24Cl2N4O2. The maximum absolute atomic E-state index is 12.8. The van der Waals surface area contributed by atoms with Gasteiger partial charge in [-0.05, 0) is 24.5 Å². The summed E-state index contributed by atoms with van der Waals surface area (Å²) in [6.45, 7) is 3.27. The maximum Gasteiger partial charge on any atom is 0.240 e. The second kappa shape index (κ2) is 9.77. The molecule has 6 nitrogen and oxygen atoms in total. The van der Waals surface area contributed by atoms with Gasteiger partial charge in [0.25, 0.3) is 0 Å². The molecule has 1 amide bonds. The third-order valence-electron chi connectivity index (χ3n) is 4.18. The van der Waals surface area contributed by atoms with E-state index in [1.807, 2.05) is 19.1 Å². The van der Waals surface area contributed by atoms with Gasteiger partial charge in [-0.15, -0.1) is 24.8 Å². The van der Waals surface area contributed by atoms with Gasteiger partial charge in [0.2, 0.25) is 5.91 Å². The number of carbonyl (C=O) groups excluding carboxylic acids is 1. The highest BCUT2D eigenvalue weighted by molar-refractivity contribution is 5.85. The quantitative estimate of drug-likeness (QED) is 0.728. The highest BCUT2D eigenvalue weighted by Crippen LogP contribution is 2.18. The SMILES string of the molecule is Cc1ncc(CN(CCO)C(=O)[C@H]2Cc3ccccc3CN2)[nH]1.Cl.Cl. The van der Waals surface area contributed by atoms with Crippen LogP contribution in [0.25, 0.3) is 0 Å². The van der Waals surface area contributed by atoms with Crippen LogP contribution in [-0.4, -0.2) is 45.1 Å². The van der Waals surface area contributed by atoms with Gasteiger partial charge in [-0.1, -0.05) is 24.3 Å². The number of carbonyl (C=O) groups is 1. The Hall–Kier alpha value is -1.60. The van der Waals surface area contributed by atoms with Crippen LogP contribution < -0.4 is 5.32 Å². The Morgan fingerprint density at radius 2 is 2.04 bits per heavy atom. The van der Waals surface area contributed by atoms with E-state index in [0.29, 0.717) is 26.1 Å². The van der Waals surface area contributed by atoms with E-state index < -0.39 is 0 Å². The Kier molecular flexibility index (Phi) is 8.38. The number of aromatic nitrogens is 2. The molecule has 0 spiro atoms. The molecule has 1 atom stereocenters. The first-order chi connectivity index (χ1) is 11.2. The lowest BCUT2D eigenvalue weighted by atomic mass is 9.95. The van der Waals surface area contributed by atoms with E-state index in [9.17, 15) is 9.90 Å². The Bertz CT molecular complexity index is 693. The van der Waals surface area contributed by atoms with Crippen LogP contribution in [0, 0.1) is 6.92 Å². The molecule has 2 heterocycles. The summed E-state index contributed by atoms with van der Waals surface area (Å²) in [6, 6.07) is 7.93. The predicted molar refractivity (Wildman–Crippen MR) is 101 cm³/mol. The number of halogens is 2. The topological polar surface area (TPSA) is 81.2 Å². The second-order valence-corrected chi connectivity index (χ2v) is 5.88. The molecule has 1 aliphatic heterocycles. The van der Waals surface area contributed by atoms with Crippen LogP contribution in [0.5, 0.6) is 0 Å². The van der Waals surface area contributed by atoms with Crippen LogP contribution in [0.1, 0.15) is 22.6 Å². The van der Waals surface area contributed by atoms with E-state index >= 15 is 0 Å². The average molecular weight is 387 g/mol. The van der Waals surface area contributed by atoms with E-state index in [1.54, 1.807) is 11.1 Å². The van der Waals surface area contributed by atoms with Crippen molar-refractivity contribution in [1.29, 1.82) is 0 Å². The molecule has 2 aromatic rings. The Morgan fingerprint density at radius 1 is 1.32 bits per heavy atom. The van der Waals surface area contributed by atoms with Gasteiger partial charge in [-0.25, -0.2) is 4.98 Å². The van der Waals surface area contributed by atoms with E-state index in [0.717, 1.165) is 11.5 Å². The molecule has 0 saturated heterocycles. The largest absolute Gasteiger partial charge is 0.395 e. The van der Waals surface area contributed by atoms with E-state index in [-0.39, 0.29) is 43.4 Å². The molecule has 0 aliphatic carbocycles. The zero-order chi connectivity index (χ0) is 16.2. The van der Waals surface area contributed by atoms with Gasteiger partial charge in [0.1, 0.15) is 5.82 Å². The number of H-pyrrole nitrogens is 1. The summed E-state index contributed by atoms with van der Waals surface area (Å²) < 4.78 is 0. The molecule has 1 aromatic heterocycles. The molecule has 0 unspecified atom stereocenters. The number of aromatic amines is 1. The smallest absolute Gasteiger partial charge is 0.240 e. The van der Waals surface area contributed by atoms with Crippen molar-refractivity contribution >= 4 is 30.7 Å². The van der Waals surface area contributed by atoms with Crippen molar-refractivity contribution in [2.24, 2.45) is 0 Å². The van der Waals surface area contributed by atoms with Crippen molar-refractivity contribution in [2.45, 2.75) is 32.5 Å². The Labute approximate surface area is 159 Å². The number of hydrogen-bond acceptors (Lipinski definition) is 4. The molecule has 0 fully saturated rings. The Morgan fingerprint density at radius 3 is 2.68 bits per heavy atom. The van der Waals surface area contributed by atoms with Gasteiger partial charge in [-0.3, -0.25) is 4.79 Å². The summed E-state index contributed by atoms with van der Waals surface area (Å²) >= 11 is 0. The summed E-state index contributed by atoms with van der Waals surface area (Å²) in [5.74, 6) is 0.835. The molecular weight excluding hydrogens is 363 g/mol. The molecule has 25 heavy (non-hydrogen) atoms. The van der Waals surface area contributed by atoms with Crippen LogP contribution in [0.15, 0.2) is 30.5 Å². The fourth-order valence-electron chi connectivity index (χ4n) is 2.99. The highest BCUT2D eigenvalue weighted by atomic mass is 35.5. The first kappa shape index (κ1) is 21.4. The summed E-state index contributed by atoms with van der Waals surface area (Å²) in [6.07, 6.45) is 2.41. The zero-order valence-electron chi connectivity index (χ0n) is 14.1. The van der Waals surface area contributed by atoms with Gasteiger partial charge in [0.05, 0.1) is 31.1 Å². The van der Waals surface area contributed by atoms with Gasteiger partial charge in [0.15, 0.2) is 0 Å². The zero-order valence-corrected chi connectivity index (χ0v) is 15.7. The van der Waals surface area contributed by atoms with Crippen molar-refractivity contribution in [3.05, 3.63) is 53.1 Å². The van der Waals surface area contributed by atoms with Gasteiger partial charge in [-0.2, -0.15) is 0 Å². The van der Waals surface area contributed by atoms with E-state index in [4.69, 9.17) is 0 Å². The van der Waals surface area contributed by atoms with Crippen LogP contribution in [0.4, 0.5) is 0 Å². The van der Waals surface area contributed by atoms with Crippen LogP contribution in [-0.2, 0) is 24.3 Å². The fraction of sp³-hybridized carbons (Fsp3) is 0.412. The van der Waals surface area contributed by atoms with E-state index in [2.05, 4.69) is 27.4 Å². The number of imidazole rings is 1. The van der Waals surface area contributed by atoms with Crippen molar-refractivity contribution in [3.63, 3.8) is 0 Å². The number of hydrogen-bond donors (Lipinski definition) is 3. The Balaban J connectivity index is 0.00000156. The first-order valence-electron chi connectivity index (χ1n) is 7.87. The molecule has 1 aromatic carbocycles. The molecule has 3 N–H and O–H groups in total. The fourth-order valence-corrected chi connectivity index (χ4v) is 2.99. The van der Waals surface area contributed by atoms with Gasteiger partial charge < -0.3 is 20.3 Å². The number of nitrogens with one attached hydrogen (secondary N) is 2. The lowest BCUT2D eigenvalue weighted by Crippen LogP contribution is -2.49. The molecule has 3 rings (SSSR count). The van der Waals surface area contributed by atoms with Gasteiger partial charge in [0, 0.05) is 13.1 Å². The van der Waals surface area contributed by atoms with Crippen molar-refractivity contribution in [2.75, 3.05) is 13.2 Å². The number of rotatable bonds is 5. The lowest BCUT2D eigenvalue weighted by Gasteiger charge is -2.30. The number of fused-ring (bicyclic) bond motifs is 1. The number of aliphatic hydroxyl groups excluding tert-OH is 1. The predicted octanol–water partition coefficient (Wildman–Crippen LogP) is 1.60. The number of aryl methyl sites for hydroxylation is 1. The molecule has 8 heteroatoms. The third-order valence-corrected chi connectivity index (χ3v) is 4.18. The summed E-state index contributed by atoms with van der Waals surface area (Å²) in [4.78, 5) is 21.8. The maximum atomic E-state index is 12.8. The van der Waals surface area contributed by atoms with Crippen LogP contribution in [0.2, 0.25) is 0 Å². The number of amides is 1. The highest BCUT2D eigenvalue weighted by Gasteiger charge is 2.28. The molecule has 0 radical (unpaired) electrons. The number of benzene rings is 1. The molecule has 1 aliphatic rings. The minimum atomic E-state index is -0.250. The summed E-state index contributed by atoms with van der Waals surface area (Å²) in [5, 5.41) is 12.6. The van der Waals surface area contributed by atoms with Crippen molar-refractivity contribution in [1.82, 2.24) is 20.2 Å². The standard InChI is InChI=1S/C17H22N4O2.2ClH/c1-12-18-10-15(20-12)11-21(6-7-22)17(23)16-8-13-4-2-3-5-14(13)9-19-16;;/h2-5,10,16,19,22H,6-9,11H2,1H3,(H,18,20);2*1H/t16-;;/m1../s1. The number of nitrogens with zero attached hydrogens (tertiary/aromatic N) is 2. The summed E-state index contributed by atoms with van der Waals surface area (Å²) in [7, 11) is 0. The molecule has 138 valence electrons. The van der Waals surface area contributed by atoms with E-state index in [1.165, 1.54) is 11.1 Å². The molecule has 0 saturated carbocycles. The van der Waals surface area contributed by atoms with Gasteiger partial charge >= 0.3 is 0 Å². The second-order valence-electron chi connectivity index (χ2n) is 5.88. The van der Waals surface area contributed by atoms with Crippen molar-refractivity contribution in [3.8, 4) is 0 Å².